The molecule has 0 spiro atoms. The first kappa shape index (κ1) is 19.2. The molecule has 0 N–H and O–H groups in total. The molecule has 1 aliphatic heterocycles. The van der Waals surface area contributed by atoms with Gasteiger partial charge in [-0.3, -0.25) is 0 Å². The average molecular weight is 362 g/mol. The Bertz CT molecular complexity index is 575. The van der Waals surface area contributed by atoms with Gasteiger partial charge in [0.15, 0.2) is 0 Å². The van der Waals surface area contributed by atoms with Gasteiger partial charge in [0, 0.05) is 11.5 Å². The van der Waals surface area contributed by atoms with Crippen LogP contribution in [0, 0.1) is 11.8 Å². The van der Waals surface area contributed by atoms with Gasteiger partial charge >= 0.3 is 11.9 Å². The van der Waals surface area contributed by atoms with Crippen LogP contribution in [0.5, 0.6) is 0 Å². The normalized spacial score (nSPS) is 24.3. The summed E-state index contributed by atoms with van der Waals surface area (Å²) in [5.41, 5.74) is 0.916. The van der Waals surface area contributed by atoms with E-state index < -0.39 is 5.97 Å². The third-order valence-electron chi connectivity index (χ3n) is 5.59. The van der Waals surface area contributed by atoms with Gasteiger partial charge in [0.25, 0.3) is 0 Å². The van der Waals surface area contributed by atoms with Gasteiger partial charge in [0.1, 0.15) is 18.5 Å². The lowest BCUT2D eigenvalue weighted by Gasteiger charge is -2.21. The number of esters is 2. The highest BCUT2D eigenvalue weighted by atomic mass is 16.6. The minimum atomic E-state index is -0.450. The van der Waals surface area contributed by atoms with E-state index in [1.807, 2.05) is 0 Å². The fraction of sp³-hybridized carbons (Fsp3) is 0.714. The second-order valence-corrected chi connectivity index (χ2v) is 7.90. The molecule has 1 saturated heterocycles. The van der Waals surface area contributed by atoms with Gasteiger partial charge in [-0.05, 0) is 32.1 Å². The van der Waals surface area contributed by atoms with Gasteiger partial charge in [-0.25, -0.2) is 9.59 Å². The molecule has 3 rings (SSSR count). The quantitative estimate of drug-likeness (QED) is 0.282. The summed E-state index contributed by atoms with van der Waals surface area (Å²) in [6, 6.07) is 0. The van der Waals surface area contributed by atoms with E-state index in [1.165, 1.54) is 12.8 Å². The Labute approximate surface area is 155 Å². The average Bonchev–Trinajstić information content (AvgIpc) is 3.08. The molecule has 0 aromatic rings. The van der Waals surface area contributed by atoms with Crippen LogP contribution in [0.25, 0.3) is 0 Å². The summed E-state index contributed by atoms with van der Waals surface area (Å²) in [6.45, 7) is 6.24. The number of carbonyl (C=O) groups is 2. The summed E-state index contributed by atoms with van der Waals surface area (Å²) >= 11 is 0. The summed E-state index contributed by atoms with van der Waals surface area (Å²) in [5, 5.41) is 0. The fourth-order valence-electron chi connectivity index (χ4n) is 3.97. The number of hydrogen-bond donors (Lipinski definition) is 0. The Morgan fingerprint density at radius 1 is 1.04 bits per heavy atom. The van der Waals surface area contributed by atoms with E-state index in [-0.39, 0.29) is 24.6 Å². The summed E-state index contributed by atoms with van der Waals surface area (Å²) in [5.74, 6) is 0.344. The lowest BCUT2D eigenvalue weighted by Crippen LogP contribution is -2.21. The second kappa shape index (κ2) is 8.85. The molecule has 0 aromatic heterocycles. The topological polar surface area (TPSA) is 65.1 Å². The first-order valence-electron chi connectivity index (χ1n) is 9.94. The monoisotopic (exact) mass is 362 g/mol. The van der Waals surface area contributed by atoms with E-state index in [4.69, 9.17) is 14.2 Å². The van der Waals surface area contributed by atoms with Crippen LogP contribution in [0.15, 0.2) is 23.5 Å². The molecule has 2 saturated carbocycles. The van der Waals surface area contributed by atoms with E-state index in [0.29, 0.717) is 35.9 Å². The highest BCUT2D eigenvalue weighted by Crippen LogP contribution is 2.38. The zero-order chi connectivity index (χ0) is 18.5. The Balaban J connectivity index is 1.84. The van der Waals surface area contributed by atoms with Crippen LogP contribution in [-0.4, -0.2) is 31.3 Å². The maximum absolute atomic E-state index is 12.9. The van der Waals surface area contributed by atoms with E-state index in [9.17, 15) is 9.59 Å². The molecule has 1 atom stereocenters. The van der Waals surface area contributed by atoms with Crippen molar-refractivity contribution in [2.24, 2.45) is 11.8 Å². The van der Waals surface area contributed by atoms with Gasteiger partial charge in [-0.1, -0.05) is 45.1 Å². The maximum atomic E-state index is 12.9. The van der Waals surface area contributed by atoms with Gasteiger partial charge < -0.3 is 14.2 Å². The Morgan fingerprint density at radius 3 is 2.23 bits per heavy atom. The first-order chi connectivity index (χ1) is 12.5. The SMILES string of the molecule is C=C(C)C(=O)O/C(=C(/CC1CCCC1)C(=O)OCC1CO1)C1CCCC1. The molecule has 0 amide bonds. The second-order valence-electron chi connectivity index (χ2n) is 7.90. The summed E-state index contributed by atoms with van der Waals surface area (Å²) in [7, 11) is 0. The lowest BCUT2D eigenvalue weighted by molar-refractivity contribution is -0.140. The molecule has 2 aliphatic carbocycles. The Morgan fingerprint density at radius 2 is 1.65 bits per heavy atom. The lowest BCUT2D eigenvalue weighted by atomic mass is 9.92. The van der Waals surface area contributed by atoms with E-state index in [0.717, 1.165) is 38.5 Å². The minimum absolute atomic E-state index is 0.0274. The van der Waals surface area contributed by atoms with Crippen molar-refractivity contribution in [1.29, 1.82) is 0 Å². The van der Waals surface area contributed by atoms with Gasteiger partial charge in [0.05, 0.1) is 12.2 Å². The maximum Gasteiger partial charge on any atom is 0.338 e. The minimum Gasteiger partial charge on any atom is -0.459 e. The van der Waals surface area contributed by atoms with Crippen molar-refractivity contribution in [3.63, 3.8) is 0 Å². The van der Waals surface area contributed by atoms with Crippen molar-refractivity contribution in [3.8, 4) is 0 Å². The molecule has 0 bridgehead atoms. The number of carbonyl (C=O) groups excluding carboxylic acids is 2. The predicted molar refractivity (Wildman–Crippen MR) is 97.2 cm³/mol. The fourth-order valence-corrected chi connectivity index (χ4v) is 3.97. The largest absolute Gasteiger partial charge is 0.459 e. The van der Waals surface area contributed by atoms with E-state index in [2.05, 4.69) is 6.58 Å². The summed E-state index contributed by atoms with van der Waals surface area (Å²) < 4.78 is 16.3. The van der Waals surface area contributed by atoms with Gasteiger partial charge in [0.2, 0.25) is 0 Å². The van der Waals surface area contributed by atoms with Crippen molar-refractivity contribution < 1.29 is 23.8 Å². The van der Waals surface area contributed by atoms with Crippen molar-refractivity contribution in [3.05, 3.63) is 23.5 Å². The molecule has 26 heavy (non-hydrogen) atoms. The van der Waals surface area contributed by atoms with Crippen LogP contribution in [-0.2, 0) is 23.8 Å². The molecular formula is C21H30O5. The molecule has 5 heteroatoms. The number of allylic oxidation sites excluding steroid dienone is 1. The Hall–Kier alpha value is -1.62. The molecule has 1 unspecified atom stereocenters. The van der Waals surface area contributed by atoms with E-state index in [1.54, 1.807) is 6.92 Å². The van der Waals surface area contributed by atoms with E-state index >= 15 is 0 Å². The third kappa shape index (κ3) is 5.19. The first-order valence-corrected chi connectivity index (χ1v) is 9.94. The molecule has 0 aromatic carbocycles. The summed E-state index contributed by atoms with van der Waals surface area (Å²) in [6.07, 6.45) is 9.41. The van der Waals surface area contributed by atoms with Crippen molar-refractivity contribution >= 4 is 11.9 Å². The molecule has 3 fully saturated rings. The van der Waals surface area contributed by atoms with Crippen LogP contribution in [0.4, 0.5) is 0 Å². The number of ether oxygens (including phenoxy) is 3. The standard InChI is InChI=1S/C21H30O5/c1-14(2)20(22)26-19(16-9-5-6-10-16)18(11-15-7-3-4-8-15)21(23)25-13-17-12-24-17/h15-17H,1,3-13H2,2H3/b19-18-. The zero-order valence-electron chi connectivity index (χ0n) is 15.8. The van der Waals surface area contributed by atoms with Crippen LogP contribution >= 0.6 is 0 Å². The molecule has 3 aliphatic rings. The van der Waals surface area contributed by atoms with Crippen LogP contribution in [0.3, 0.4) is 0 Å². The van der Waals surface area contributed by atoms with Crippen LogP contribution < -0.4 is 0 Å². The Kier molecular flexibility index (Phi) is 6.52. The van der Waals surface area contributed by atoms with Gasteiger partial charge in [-0.2, -0.15) is 0 Å². The van der Waals surface area contributed by atoms with Crippen LogP contribution in [0.2, 0.25) is 0 Å². The van der Waals surface area contributed by atoms with Crippen molar-refractivity contribution in [2.75, 3.05) is 13.2 Å². The van der Waals surface area contributed by atoms with Crippen LogP contribution in [0.1, 0.15) is 64.7 Å². The molecule has 0 radical (unpaired) electrons. The smallest absolute Gasteiger partial charge is 0.338 e. The number of hydrogen-bond acceptors (Lipinski definition) is 5. The summed E-state index contributed by atoms with van der Waals surface area (Å²) in [4.78, 5) is 25.1. The van der Waals surface area contributed by atoms with Crippen molar-refractivity contribution in [1.82, 2.24) is 0 Å². The third-order valence-corrected chi connectivity index (χ3v) is 5.59. The molecule has 1 heterocycles. The zero-order valence-corrected chi connectivity index (χ0v) is 15.8. The molecular weight excluding hydrogens is 332 g/mol. The molecule has 5 nitrogen and oxygen atoms in total. The molecule has 144 valence electrons. The van der Waals surface area contributed by atoms with Crippen molar-refractivity contribution in [2.45, 2.75) is 70.8 Å². The predicted octanol–water partition coefficient (Wildman–Crippen LogP) is 4.07. The highest BCUT2D eigenvalue weighted by Gasteiger charge is 2.33. The number of epoxide rings is 1. The highest BCUT2D eigenvalue weighted by molar-refractivity contribution is 5.92. The van der Waals surface area contributed by atoms with Gasteiger partial charge in [-0.15, -0.1) is 0 Å². The number of rotatable bonds is 8.